The van der Waals surface area contributed by atoms with Crippen LogP contribution in [-0.2, 0) is 13.1 Å². The number of nitrogens with two attached hydrogens (primary N) is 1. The molecule has 4 N–H and O–H groups in total. The molecule has 0 radical (unpaired) electrons. The maximum atomic E-state index is 11.6. The Kier molecular flexibility index (Phi) is 3.75. The predicted octanol–water partition coefficient (Wildman–Crippen LogP) is -2.26. The standard InChI is InChI=1S/C10H13N7O3/c1-6-4-16(10(20)12-8(6)18)2-3-17-5-7(14-15-17)9(19)13-11/h4-5H,2-3,11H2,1H3,(H,13,19)(H,12,18,20). The third kappa shape index (κ3) is 2.80. The SMILES string of the molecule is Cc1cn(CCn2cc(C(=O)NN)nn2)c(=O)[nH]c1=O. The summed E-state index contributed by atoms with van der Waals surface area (Å²) in [7, 11) is 0. The van der Waals surface area contributed by atoms with Crippen molar-refractivity contribution in [1.29, 1.82) is 0 Å². The van der Waals surface area contributed by atoms with Gasteiger partial charge in [-0.05, 0) is 6.92 Å². The number of nitrogens with zero attached hydrogens (tertiary/aromatic N) is 4. The fraction of sp³-hybridized carbons (Fsp3) is 0.300. The van der Waals surface area contributed by atoms with Crippen LogP contribution < -0.4 is 22.5 Å². The van der Waals surface area contributed by atoms with E-state index in [1.807, 2.05) is 5.43 Å². The van der Waals surface area contributed by atoms with E-state index in [0.717, 1.165) is 0 Å². The molecule has 0 spiro atoms. The zero-order chi connectivity index (χ0) is 14.7. The van der Waals surface area contributed by atoms with E-state index in [0.29, 0.717) is 12.1 Å². The molecule has 20 heavy (non-hydrogen) atoms. The summed E-state index contributed by atoms with van der Waals surface area (Å²) in [6, 6.07) is 0. The number of H-pyrrole nitrogens is 1. The van der Waals surface area contributed by atoms with E-state index in [2.05, 4.69) is 15.3 Å². The predicted molar refractivity (Wildman–Crippen MR) is 67.7 cm³/mol. The van der Waals surface area contributed by atoms with Crippen LogP contribution in [0.5, 0.6) is 0 Å². The molecule has 1 amide bonds. The van der Waals surface area contributed by atoms with Crippen molar-refractivity contribution in [3.8, 4) is 0 Å². The van der Waals surface area contributed by atoms with Gasteiger partial charge in [-0.3, -0.25) is 24.6 Å². The highest BCUT2D eigenvalue weighted by atomic mass is 16.2. The van der Waals surface area contributed by atoms with E-state index in [1.165, 1.54) is 21.6 Å². The van der Waals surface area contributed by atoms with Crippen LogP contribution in [0.25, 0.3) is 0 Å². The fourth-order valence-corrected chi connectivity index (χ4v) is 1.58. The number of carbonyl (C=O) groups is 1. The van der Waals surface area contributed by atoms with Gasteiger partial charge in [0.15, 0.2) is 5.69 Å². The number of nitrogens with one attached hydrogen (secondary N) is 2. The van der Waals surface area contributed by atoms with Gasteiger partial charge < -0.3 is 0 Å². The molecular formula is C10H13N7O3. The minimum absolute atomic E-state index is 0.0810. The Labute approximate surface area is 112 Å². The zero-order valence-electron chi connectivity index (χ0n) is 10.7. The largest absolute Gasteiger partial charge is 0.328 e. The number of aromatic amines is 1. The average Bonchev–Trinajstić information content (AvgIpc) is 2.89. The van der Waals surface area contributed by atoms with Crippen molar-refractivity contribution in [2.75, 3.05) is 0 Å². The molecule has 0 unspecified atom stereocenters. The summed E-state index contributed by atoms with van der Waals surface area (Å²) in [6.45, 7) is 2.20. The van der Waals surface area contributed by atoms with Crippen LogP contribution in [0.4, 0.5) is 0 Å². The smallest absolute Gasteiger partial charge is 0.298 e. The van der Waals surface area contributed by atoms with Gasteiger partial charge in [0.2, 0.25) is 0 Å². The first-order valence-corrected chi connectivity index (χ1v) is 5.72. The van der Waals surface area contributed by atoms with Crippen molar-refractivity contribution in [1.82, 2.24) is 30.0 Å². The van der Waals surface area contributed by atoms with Crippen LogP contribution in [0.2, 0.25) is 0 Å². The van der Waals surface area contributed by atoms with Crippen LogP contribution in [0, 0.1) is 6.92 Å². The Morgan fingerprint density at radius 1 is 1.40 bits per heavy atom. The molecule has 106 valence electrons. The van der Waals surface area contributed by atoms with Crippen LogP contribution in [-0.4, -0.2) is 30.5 Å². The molecule has 2 aromatic rings. The second-order valence-electron chi connectivity index (χ2n) is 4.11. The Hall–Kier alpha value is -2.75. The molecule has 0 aliphatic rings. The van der Waals surface area contributed by atoms with Crippen molar-refractivity contribution < 1.29 is 4.79 Å². The van der Waals surface area contributed by atoms with Crippen molar-refractivity contribution in [3.05, 3.63) is 44.5 Å². The number of carbonyl (C=O) groups excluding carboxylic acids is 1. The summed E-state index contributed by atoms with van der Waals surface area (Å²) in [5.41, 5.74) is 1.55. The number of rotatable bonds is 4. The van der Waals surface area contributed by atoms with Gasteiger partial charge in [-0.15, -0.1) is 5.10 Å². The van der Waals surface area contributed by atoms with Crippen LogP contribution in [0.3, 0.4) is 0 Å². The minimum atomic E-state index is -0.548. The molecule has 0 aromatic carbocycles. The molecule has 2 aromatic heterocycles. The van der Waals surface area contributed by atoms with Gasteiger partial charge in [0.1, 0.15) is 0 Å². The van der Waals surface area contributed by atoms with Crippen molar-refractivity contribution in [3.63, 3.8) is 0 Å². The molecule has 2 heterocycles. The Balaban J connectivity index is 2.11. The molecule has 0 bridgehead atoms. The van der Waals surface area contributed by atoms with Crippen LogP contribution in [0.15, 0.2) is 22.0 Å². The molecule has 10 nitrogen and oxygen atoms in total. The van der Waals surface area contributed by atoms with Gasteiger partial charge in [-0.1, -0.05) is 5.21 Å². The highest BCUT2D eigenvalue weighted by Gasteiger charge is 2.09. The lowest BCUT2D eigenvalue weighted by molar-refractivity contribution is 0.0948. The summed E-state index contributed by atoms with van der Waals surface area (Å²) in [5, 5.41) is 7.36. The second-order valence-corrected chi connectivity index (χ2v) is 4.11. The summed E-state index contributed by atoms with van der Waals surface area (Å²) in [4.78, 5) is 36.2. The van der Waals surface area contributed by atoms with E-state index in [9.17, 15) is 14.4 Å². The number of amides is 1. The van der Waals surface area contributed by atoms with Gasteiger partial charge >= 0.3 is 5.69 Å². The van der Waals surface area contributed by atoms with E-state index in [1.54, 1.807) is 6.92 Å². The number of nitrogen functional groups attached to an aromatic ring is 1. The van der Waals surface area contributed by atoms with E-state index >= 15 is 0 Å². The van der Waals surface area contributed by atoms with E-state index in [-0.39, 0.29) is 12.2 Å². The molecule has 0 saturated heterocycles. The lowest BCUT2D eigenvalue weighted by Gasteiger charge is -2.05. The third-order valence-electron chi connectivity index (χ3n) is 2.66. The highest BCUT2D eigenvalue weighted by molar-refractivity contribution is 5.91. The van der Waals surface area contributed by atoms with Crippen molar-refractivity contribution >= 4 is 5.91 Å². The second kappa shape index (κ2) is 5.48. The Bertz CT molecular complexity index is 742. The number of hydrogen-bond acceptors (Lipinski definition) is 6. The summed E-state index contributed by atoms with van der Waals surface area (Å²) in [6.07, 6.45) is 2.87. The molecule has 0 aliphatic heterocycles. The van der Waals surface area contributed by atoms with Crippen LogP contribution >= 0.6 is 0 Å². The normalized spacial score (nSPS) is 10.5. The molecule has 10 heteroatoms. The zero-order valence-corrected chi connectivity index (χ0v) is 10.7. The van der Waals surface area contributed by atoms with Gasteiger partial charge in [0, 0.05) is 18.3 Å². The molecule has 0 fully saturated rings. The molecule has 0 atom stereocenters. The van der Waals surface area contributed by atoms with E-state index < -0.39 is 17.2 Å². The lowest BCUT2D eigenvalue weighted by Crippen LogP contribution is -2.31. The number of aryl methyl sites for hydroxylation is 3. The number of aromatic nitrogens is 5. The van der Waals surface area contributed by atoms with Gasteiger partial charge in [0.25, 0.3) is 11.5 Å². The summed E-state index contributed by atoms with van der Waals surface area (Å²) >= 11 is 0. The van der Waals surface area contributed by atoms with Gasteiger partial charge in [-0.25, -0.2) is 15.3 Å². The number of hydrogen-bond donors (Lipinski definition) is 3. The Morgan fingerprint density at radius 2 is 2.15 bits per heavy atom. The lowest BCUT2D eigenvalue weighted by atomic mass is 10.4. The molecule has 2 rings (SSSR count). The summed E-state index contributed by atoms with van der Waals surface area (Å²) < 4.78 is 2.75. The van der Waals surface area contributed by atoms with Gasteiger partial charge in [-0.2, -0.15) is 0 Å². The quantitative estimate of drug-likeness (QED) is 0.328. The molecular weight excluding hydrogens is 266 g/mol. The number of hydrazine groups is 1. The van der Waals surface area contributed by atoms with Gasteiger partial charge in [0.05, 0.1) is 12.7 Å². The monoisotopic (exact) mass is 279 g/mol. The topological polar surface area (TPSA) is 141 Å². The third-order valence-corrected chi connectivity index (χ3v) is 2.66. The first-order valence-electron chi connectivity index (χ1n) is 5.72. The fourth-order valence-electron chi connectivity index (χ4n) is 1.58. The minimum Gasteiger partial charge on any atom is -0.298 e. The first kappa shape index (κ1) is 13.7. The maximum Gasteiger partial charge on any atom is 0.328 e. The average molecular weight is 279 g/mol. The van der Waals surface area contributed by atoms with Crippen molar-refractivity contribution in [2.45, 2.75) is 20.0 Å². The molecule has 0 saturated carbocycles. The van der Waals surface area contributed by atoms with E-state index in [4.69, 9.17) is 5.84 Å². The highest BCUT2D eigenvalue weighted by Crippen LogP contribution is 1.93. The molecule has 0 aliphatic carbocycles. The maximum absolute atomic E-state index is 11.6. The van der Waals surface area contributed by atoms with Crippen molar-refractivity contribution in [2.24, 2.45) is 5.84 Å². The Morgan fingerprint density at radius 3 is 2.85 bits per heavy atom. The van der Waals surface area contributed by atoms with Crippen LogP contribution in [0.1, 0.15) is 16.1 Å². The first-order chi connectivity index (χ1) is 9.51. The summed E-state index contributed by atoms with van der Waals surface area (Å²) in [5.74, 6) is 4.43.